The second-order valence-corrected chi connectivity index (χ2v) is 6.56. The van der Waals surface area contributed by atoms with Crippen LogP contribution in [0.3, 0.4) is 0 Å². The molecule has 1 aromatic heterocycles. The fourth-order valence-corrected chi connectivity index (χ4v) is 3.03. The fraction of sp³-hybridized carbons (Fsp3) is 0.333. The van der Waals surface area contributed by atoms with E-state index in [9.17, 15) is 9.59 Å². The zero-order chi connectivity index (χ0) is 18.7. The van der Waals surface area contributed by atoms with Gasteiger partial charge in [0.05, 0.1) is 0 Å². The highest BCUT2D eigenvalue weighted by molar-refractivity contribution is 6.30. The molecule has 1 saturated heterocycles. The summed E-state index contributed by atoms with van der Waals surface area (Å²) in [5.41, 5.74) is 1.11. The van der Waals surface area contributed by atoms with Crippen LogP contribution < -0.4 is 5.32 Å². The van der Waals surface area contributed by atoms with Crippen LogP contribution in [0.5, 0.6) is 0 Å². The lowest BCUT2D eigenvalue weighted by atomic mass is 10.2. The van der Waals surface area contributed by atoms with Crippen LogP contribution in [-0.4, -0.2) is 57.8 Å². The van der Waals surface area contributed by atoms with E-state index >= 15 is 0 Å². The van der Waals surface area contributed by atoms with Gasteiger partial charge in [-0.3, -0.25) is 9.59 Å². The standard InChI is InChI=1S/C18H20ClN5O2/c1-12-20-16(18(26)24-8-6-23(7-9-24)13(2)25)11-17(21-12)22-15-5-3-4-14(19)10-15/h3-5,10-11H,6-9H2,1-2H3,(H,20,21,22). The fourth-order valence-electron chi connectivity index (χ4n) is 2.84. The first-order chi connectivity index (χ1) is 12.4. The minimum absolute atomic E-state index is 0.0305. The molecule has 0 bridgehead atoms. The maximum Gasteiger partial charge on any atom is 0.272 e. The molecule has 1 aliphatic rings. The molecule has 3 rings (SSSR count). The average Bonchev–Trinajstić information content (AvgIpc) is 2.60. The Morgan fingerprint density at radius 2 is 1.77 bits per heavy atom. The van der Waals surface area contributed by atoms with Gasteiger partial charge in [0.2, 0.25) is 5.91 Å². The Bertz CT molecular complexity index is 834. The number of hydrogen-bond acceptors (Lipinski definition) is 5. The lowest BCUT2D eigenvalue weighted by Crippen LogP contribution is -2.50. The second kappa shape index (κ2) is 7.70. The van der Waals surface area contributed by atoms with Crippen molar-refractivity contribution in [1.29, 1.82) is 0 Å². The number of halogens is 1. The normalized spacial score (nSPS) is 14.3. The molecule has 1 aliphatic heterocycles. The number of rotatable bonds is 3. The molecular formula is C18H20ClN5O2. The van der Waals surface area contributed by atoms with Crippen LogP contribution in [0.15, 0.2) is 30.3 Å². The van der Waals surface area contributed by atoms with Crippen molar-refractivity contribution in [2.45, 2.75) is 13.8 Å². The predicted molar refractivity (Wildman–Crippen MR) is 99.7 cm³/mol. The maximum absolute atomic E-state index is 12.8. The van der Waals surface area contributed by atoms with Gasteiger partial charge < -0.3 is 15.1 Å². The molecule has 1 aromatic carbocycles. The molecule has 0 spiro atoms. The van der Waals surface area contributed by atoms with Gasteiger partial charge >= 0.3 is 0 Å². The van der Waals surface area contributed by atoms with Gasteiger partial charge in [0.1, 0.15) is 17.3 Å². The zero-order valence-corrected chi connectivity index (χ0v) is 15.5. The van der Waals surface area contributed by atoms with E-state index in [1.807, 2.05) is 12.1 Å². The topological polar surface area (TPSA) is 78.4 Å². The lowest BCUT2D eigenvalue weighted by molar-refractivity contribution is -0.130. The molecule has 0 unspecified atom stereocenters. The van der Waals surface area contributed by atoms with Gasteiger partial charge in [-0.15, -0.1) is 0 Å². The van der Waals surface area contributed by atoms with Gasteiger partial charge in [-0.1, -0.05) is 17.7 Å². The molecule has 136 valence electrons. The van der Waals surface area contributed by atoms with Gasteiger partial charge in [0.25, 0.3) is 5.91 Å². The van der Waals surface area contributed by atoms with E-state index in [1.165, 1.54) is 0 Å². The van der Waals surface area contributed by atoms with E-state index in [1.54, 1.807) is 41.8 Å². The number of aromatic nitrogens is 2. The number of benzene rings is 1. The Morgan fingerprint density at radius 1 is 1.08 bits per heavy atom. The predicted octanol–water partition coefficient (Wildman–Crippen LogP) is 2.49. The zero-order valence-electron chi connectivity index (χ0n) is 14.7. The van der Waals surface area contributed by atoms with Crippen molar-refractivity contribution in [2.24, 2.45) is 0 Å². The van der Waals surface area contributed by atoms with E-state index < -0.39 is 0 Å². The molecule has 2 aromatic rings. The highest BCUT2D eigenvalue weighted by Gasteiger charge is 2.24. The summed E-state index contributed by atoms with van der Waals surface area (Å²) in [6.07, 6.45) is 0. The summed E-state index contributed by atoms with van der Waals surface area (Å²) in [7, 11) is 0. The van der Waals surface area contributed by atoms with Gasteiger partial charge in [0.15, 0.2) is 0 Å². The molecule has 1 N–H and O–H groups in total. The van der Waals surface area contributed by atoms with E-state index in [0.717, 1.165) is 5.69 Å². The summed E-state index contributed by atoms with van der Waals surface area (Å²) in [6, 6.07) is 8.90. The first kappa shape index (κ1) is 18.1. The summed E-state index contributed by atoms with van der Waals surface area (Å²) >= 11 is 6.00. The van der Waals surface area contributed by atoms with E-state index in [4.69, 9.17) is 11.6 Å². The van der Waals surface area contributed by atoms with Crippen LogP contribution >= 0.6 is 11.6 Å². The van der Waals surface area contributed by atoms with Gasteiger partial charge in [0, 0.05) is 49.9 Å². The summed E-state index contributed by atoms with van der Waals surface area (Å²) in [4.78, 5) is 36.2. The number of nitrogens with one attached hydrogen (secondary N) is 1. The Hall–Kier alpha value is -2.67. The molecule has 0 radical (unpaired) electrons. The molecule has 7 nitrogen and oxygen atoms in total. The van der Waals surface area contributed by atoms with Crippen LogP contribution in [0.1, 0.15) is 23.2 Å². The molecule has 0 aliphatic carbocycles. The van der Waals surface area contributed by atoms with Crippen molar-refractivity contribution in [3.63, 3.8) is 0 Å². The Kier molecular flexibility index (Phi) is 5.37. The van der Waals surface area contributed by atoms with Crippen LogP contribution in [-0.2, 0) is 4.79 Å². The number of aryl methyl sites for hydroxylation is 1. The number of amides is 2. The third-order valence-corrected chi connectivity index (χ3v) is 4.40. The van der Waals surface area contributed by atoms with Crippen molar-refractivity contribution in [1.82, 2.24) is 19.8 Å². The molecule has 2 heterocycles. The molecule has 1 fully saturated rings. The molecular weight excluding hydrogens is 354 g/mol. The van der Waals surface area contributed by atoms with Crippen molar-refractivity contribution < 1.29 is 9.59 Å². The van der Waals surface area contributed by atoms with Crippen LogP contribution in [0, 0.1) is 6.92 Å². The number of anilines is 2. The summed E-state index contributed by atoms with van der Waals surface area (Å²) in [5, 5.41) is 3.76. The van der Waals surface area contributed by atoms with Crippen molar-refractivity contribution >= 4 is 34.9 Å². The number of hydrogen-bond donors (Lipinski definition) is 1. The Morgan fingerprint density at radius 3 is 2.42 bits per heavy atom. The van der Waals surface area contributed by atoms with Gasteiger partial charge in [-0.2, -0.15) is 0 Å². The molecule has 26 heavy (non-hydrogen) atoms. The van der Waals surface area contributed by atoms with Crippen molar-refractivity contribution in [3.8, 4) is 0 Å². The van der Waals surface area contributed by atoms with Crippen LogP contribution in [0.25, 0.3) is 0 Å². The molecule has 8 heteroatoms. The highest BCUT2D eigenvalue weighted by Crippen LogP contribution is 2.20. The molecule has 0 atom stereocenters. The quantitative estimate of drug-likeness (QED) is 0.894. The smallest absolute Gasteiger partial charge is 0.272 e. The lowest BCUT2D eigenvalue weighted by Gasteiger charge is -2.34. The monoisotopic (exact) mass is 373 g/mol. The first-order valence-corrected chi connectivity index (χ1v) is 8.73. The Balaban J connectivity index is 1.75. The first-order valence-electron chi connectivity index (χ1n) is 8.35. The van der Waals surface area contributed by atoms with Crippen LogP contribution in [0.2, 0.25) is 5.02 Å². The largest absolute Gasteiger partial charge is 0.340 e. The molecule has 2 amide bonds. The van der Waals surface area contributed by atoms with Crippen molar-refractivity contribution in [2.75, 3.05) is 31.5 Å². The minimum atomic E-state index is -0.159. The average molecular weight is 374 g/mol. The van der Waals surface area contributed by atoms with E-state index in [-0.39, 0.29) is 11.8 Å². The summed E-state index contributed by atoms with van der Waals surface area (Å²) < 4.78 is 0. The Labute approximate surface area is 157 Å². The SMILES string of the molecule is CC(=O)N1CCN(C(=O)c2cc(Nc3cccc(Cl)c3)nc(C)n2)CC1. The van der Waals surface area contributed by atoms with Crippen molar-refractivity contribution in [3.05, 3.63) is 46.9 Å². The minimum Gasteiger partial charge on any atom is -0.340 e. The third kappa shape index (κ3) is 4.29. The van der Waals surface area contributed by atoms with Crippen LogP contribution in [0.4, 0.5) is 11.5 Å². The molecule has 0 saturated carbocycles. The van der Waals surface area contributed by atoms with Gasteiger partial charge in [-0.05, 0) is 25.1 Å². The number of carbonyl (C=O) groups excluding carboxylic acids is 2. The third-order valence-electron chi connectivity index (χ3n) is 4.17. The second-order valence-electron chi connectivity index (χ2n) is 6.12. The number of carbonyl (C=O) groups is 2. The highest BCUT2D eigenvalue weighted by atomic mass is 35.5. The number of nitrogens with zero attached hydrogens (tertiary/aromatic N) is 4. The van der Waals surface area contributed by atoms with Gasteiger partial charge in [-0.25, -0.2) is 9.97 Å². The van der Waals surface area contributed by atoms with E-state index in [0.29, 0.717) is 48.5 Å². The maximum atomic E-state index is 12.8. The van der Waals surface area contributed by atoms with E-state index in [2.05, 4.69) is 15.3 Å². The number of piperazine rings is 1. The summed E-state index contributed by atoms with van der Waals surface area (Å²) in [5.74, 6) is 0.907. The summed E-state index contributed by atoms with van der Waals surface area (Å²) in [6.45, 7) is 5.36.